The Kier molecular flexibility index (Phi) is 2.33. The predicted molar refractivity (Wildman–Crippen MR) is 42.3 cm³/mol. The molecule has 0 aliphatic rings. The summed E-state index contributed by atoms with van der Waals surface area (Å²) in [6, 6.07) is 2.01. The second kappa shape index (κ2) is 3.06. The van der Waals surface area contributed by atoms with Crippen molar-refractivity contribution in [2.75, 3.05) is 0 Å². The molecule has 1 heterocycles. The maximum absolute atomic E-state index is 5.77. The van der Waals surface area contributed by atoms with Crippen LogP contribution in [-0.2, 0) is 6.42 Å². The summed E-state index contributed by atoms with van der Waals surface area (Å²) in [7, 11) is 0. The van der Waals surface area contributed by atoms with E-state index in [1.807, 2.05) is 19.9 Å². The molecule has 0 radical (unpaired) electrons. The fourth-order valence-electron chi connectivity index (χ4n) is 0.867. The SMILES string of the molecule is Cc1cc(C[C@H](C)Cl)n[nH]1. The van der Waals surface area contributed by atoms with E-state index in [-0.39, 0.29) is 5.38 Å². The van der Waals surface area contributed by atoms with Crippen molar-refractivity contribution >= 4 is 11.6 Å². The van der Waals surface area contributed by atoms with Gasteiger partial charge in [0.15, 0.2) is 0 Å². The quantitative estimate of drug-likeness (QED) is 0.655. The van der Waals surface area contributed by atoms with Crippen LogP contribution in [0.4, 0.5) is 0 Å². The lowest BCUT2D eigenvalue weighted by Gasteiger charge is -1.95. The van der Waals surface area contributed by atoms with Gasteiger partial charge in [0.2, 0.25) is 0 Å². The fraction of sp³-hybridized carbons (Fsp3) is 0.571. The zero-order valence-electron chi connectivity index (χ0n) is 6.19. The van der Waals surface area contributed by atoms with E-state index in [4.69, 9.17) is 11.6 Å². The van der Waals surface area contributed by atoms with Crippen LogP contribution in [0.5, 0.6) is 0 Å². The molecule has 2 nitrogen and oxygen atoms in total. The second-order valence-electron chi connectivity index (χ2n) is 2.53. The summed E-state index contributed by atoms with van der Waals surface area (Å²) in [6.07, 6.45) is 0.839. The molecule has 0 saturated carbocycles. The van der Waals surface area contributed by atoms with Gasteiger partial charge < -0.3 is 0 Å². The Bertz CT molecular complexity index is 205. The van der Waals surface area contributed by atoms with Crippen molar-refractivity contribution in [1.29, 1.82) is 0 Å². The van der Waals surface area contributed by atoms with Gasteiger partial charge in [-0.1, -0.05) is 0 Å². The van der Waals surface area contributed by atoms with Crippen LogP contribution < -0.4 is 0 Å². The first-order valence-corrected chi connectivity index (χ1v) is 3.77. The molecule has 0 aliphatic heterocycles. The van der Waals surface area contributed by atoms with E-state index in [1.165, 1.54) is 0 Å². The number of hydrogen-bond donors (Lipinski definition) is 1. The minimum Gasteiger partial charge on any atom is -0.283 e. The monoisotopic (exact) mass is 158 g/mol. The van der Waals surface area contributed by atoms with Crippen molar-refractivity contribution in [3.63, 3.8) is 0 Å². The van der Waals surface area contributed by atoms with E-state index >= 15 is 0 Å². The predicted octanol–water partition coefficient (Wildman–Crippen LogP) is 1.89. The molecule has 1 aromatic rings. The number of aromatic amines is 1. The van der Waals surface area contributed by atoms with Gasteiger partial charge in [-0.2, -0.15) is 5.10 Å². The minimum atomic E-state index is 0.169. The summed E-state index contributed by atoms with van der Waals surface area (Å²) in [6.45, 7) is 3.95. The summed E-state index contributed by atoms with van der Waals surface area (Å²) < 4.78 is 0. The van der Waals surface area contributed by atoms with Crippen LogP contribution >= 0.6 is 11.6 Å². The zero-order chi connectivity index (χ0) is 7.56. The van der Waals surface area contributed by atoms with Gasteiger partial charge in [-0.15, -0.1) is 11.6 Å². The smallest absolute Gasteiger partial charge is 0.0639 e. The molecule has 0 amide bonds. The first-order chi connectivity index (χ1) is 4.68. The first kappa shape index (κ1) is 7.61. The molecule has 0 unspecified atom stereocenters. The molecule has 0 aromatic carbocycles. The number of nitrogens with zero attached hydrogens (tertiary/aromatic N) is 1. The molecule has 1 rings (SSSR count). The third-order valence-corrected chi connectivity index (χ3v) is 1.40. The van der Waals surface area contributed by atoms with Crippen molar-refractivity contribution in [2.24, 2.45) is 0 Å². The molecular formula is C7H11ClN2. The van der Waals surface area contributed by atoms with Gasteiger partial charge >= 0.3 is 0 Å². The average Bonchev–Trinajstić information content (AvgIpc) is 2.13. The van der Waals surface area contributed by atoms with Crippen LogP contribution in [0.15, 0.2) is 6.07 Å². The number of alkyl halides is 1. The average molecular weight is 159 g/mol. The highest BCUT2D eigenvalue weighted by Crippen LogP contribution is 2.05. The molecule has 0 fully saturated rings. The van der Waals surface area contributed by atoms with Gasteiger partial charge in [-0.05, 0) is 19.9 Å². The maximum atomic E-state index is 5.77. The van der Waals surface area contributed by atoms with Crippen LogP contribution in [-0.4, -0.2) is 15.6 Å². The summed E-state index contributed by atoms with van der Waals surface area (Å²) in [4.78, 5) is 0. The summed E-state index contributed by atoms with van der Waals surface area (Å²) in [5.74, 6) is 0. The summed E-state index contributed by atoms with van der Waals surface area (Å²) in [5, 5.41) is 7.08. The number of aryl methyl sites for hydroxylation is 1. The third-order valence-electron chi connectivity index (χ3n) is 1.25. The molecule has 1 N–H and O–H groups in total. The molecule has 1 aromatic heterocycles. The molecule has 0 spiro atoms. The molecule has 1 atom stereocenters. The van der Waals surface area contributed by atoms with E-state index in [1.54, 1.807) is 0 Å². The van der Waals surface area contributed by atoms with Gasteiger partial charge in [0.05, 0.1) is 5.69 Å². The molecule has 10 heavy (non-hydrogen) atoms. The fourth-order valence-corrected chi connectivity index (χ4v) is 1.03. The second-order valence-corrected chi connectivity index (χ2v) is 3.27. The summed E-state index contributed by atoms with van der Waals surface area (Å²) >= 11 is 5.77. The van der Waals surface area contributed by atoms with Crippen molar-refractivity contribution in [2.45, 2.75) is 25.6 Å². The topological polar surface area (TPSA) is 28.7 Å². The molecule has 0 saturated heterocycles. The Balaban J connectivity index is 2.58. The molecule has 56 valence electrons. The normalized spacial score (nSPS) is 13.5. The van der Waals surface area contributed by atoms with Crippen LogP contribution in [0, 0.1) is 6.92 Å². The standard InChI is InChI=1S/C7H11ClN2/c1-5(8)3-7-4-6(2)9-10-7/h4-5H,3H2,1-2H3,(H,9,10)/t5-/m0/s1. The number of nitrogens with one attached hydrogen (secondary N) is 1. The Labute approximate surface area is 65.6 Å². The van der Waals surface area contributed by atoms with Gasteiger partial charge in [-0.3, -0.25) is 5.10 Å². The molecular weight excluding hydrogens is 148 g/mol. The number of aromatic nitrogens is 2. The van der Waals surface area contributed by atoms with Gasteiger partial charge in [-0.25, -0.2) is 0 Å². The Hall–Kier alpha value is -0.500. The third kappa shape index (κ3) is 2.03. The number of halogens is 1. The molecule has 0 aliphatic carbocycles. The zero-order valence-corrected chi connectivity index (χ0v) is 6.94. The van der Waals surface area contributed by atoms with Gasteiger partial charge in [0.25, 0.3) is 0 Å². The number of H-pyrrole nitrogens is 1. The molecule has 0 bridgehead atoms. The van der Waals surface area contributed by atoms with Crippen LogP contribution in [0.1, 0.15) is 18.3 Å². The molecule has 3 heteroatoms. The Morgan fingerprint density at radius 1 is 1.80 bits per heavy atom. The van der Waals surface area contributed by atoms with Crippen LogP contribution in [0.2, 0.25) is 0 Å². The van der Waals surface area contributed by atoms with Gasteiger partial charge in [0.1, 0.15) is 0 Å². The maximum Gasteiger partial charge on any atom is 0.0639 e. The van der Waals surface area contributed by atoms with Crippen LogP contribution in [0.25, 0.3) is 0 Å². The van der Waals surface area contributed by atoms with E-state index < -0.39 is 0 Å². The van der Waals surface area contributed by atoms with E-state index in [0.29, 0.717) is 0 Å². The largest absolute Gasteiger partial charge is 0.283 e. The highest BCUT2D eigenvalue weighted by atomic mass is 35.5. The highest BCUT2D eigenvalue weighted by Gasteiger charge is 2.01. The first-order valence-electron chi connectivity index (χ1n) is 3.33. The number of hydrogen-bond acceptors (Lipinski definition) is 1. The lowest BCUT2D eigenvalue weighted by molar-refractivity contribution is 0.872. The Morgan fingerprint density at radius 2 is 2.50 bits per heavy atom. The number of rotatable bonds is 2. The van der Waals surface area contributed by atoms with Crippen LogP contribution in [0.3, 0.4) is 0 Å². The lowest BCUT2D eigenvalue weighted by atomic mass is 10.2. The van der Waals surface area contributed by atoms with Gasteiger partial charge in [0, 0.05) is 17.5 Å². The van der Waals surface area contributed by atoms with Crippen molar-refractivity contribution in [3.8, 4) is 0 Å². The lowest BCUT2D eigenvalue weighted by Crippen LogP contribution is -1.96. The Morgan fingerprint density at radius 3 is 2.90 bits per heavy atom. The highest BCUT2D eigenvalue weighted by molar-refractivity contribution is 6.20. The van der Waals surface area contributed by atoms with Crippen molar-refractivity contribution in [1.82, 2.24) is 10.2 Å². The van der Waals surface area contributed by atoms with Crippen molar-refractivity contribution in [3.05, 3.63) is 17.5 Å². The summed E-state index contributed by atoms with van der Waals surface area (Å²) in [5.41, 5.74) is 2.13. The van der Waals surface area contributed by atoms with E-state index in [0.717, 1.165) is 17.8 Å². The van der Waals surface area contributed by atoms with E-state index in [2.05, 4.69) is 10.2 Å². The minimum absolute atomic E-state index is 0.169. The van der Waals surface area contributed by atoms with E-state index in [9.17, 15) is 0 Å². The van der Waals surface area contributed by atoms with Crippen molar-refractivity contribution < 1.29 is 0 Å².